The molecule has 2 aromatic carbocycles. The van der Waals surface area contributed by atoms with Crippen LogP contribution in [0.4, 0.5) is 27.4 Å². The van der Waals surface area contributed by atoms with Crippen LogP contribution in [0.3, 0.4) is 0 Å². The summed E-state index contributed by atoms with van der Waals surface area (Å²) in [6.45, 7) is 3.80. The molecule has 0 radical (unpaired) electrons. The zero-order valence-electron chi connectivity index (χ0n) is 18.9. The van der Waals surface area contributed by atoms with E-state index < -0.39 is 0 Å². The Hall–Kier alpha value is -3.75. The number of ether oxygens (including phenoxy) is 2. The van der Waals surface area contributed by atoms with Gasteiger partial charge in [-0.15, -0.1) is 0 Å². The van der Waals surface area contributed by atoms with Crippen molar-refractivity contribution in [2.24, 2.45) is 0 Å². The van der Waals surface area contributed by atoms with Gasteiger partial charge in [-0.1, -0.05) is 6.07 Å². The molecule has 33 heavy (non-hydrogen) atoms. The lowest BCUT2D eigenvalue weighted by Crippen LogP contribution is -2.47. The van der Waals surface area contributed by atoms with Gasteiger partial charge in [0.15, 0.2) is 23.1 Å². The lowest BCUT2D eigenvalue weighted by molar-refractivity contribution is 0.354. The molecule has 3 aromatic rings. The van der Waals surface area contributed by atoms with Gasteiger partial charge in [-0.2, -0.15) is 0 Å². The normalized spacial score (nSPS) is 13.7. The number of nitrogens with one attached hydrogen (secondary N) is 1. The standard InChI is InChI=1S/C24H29FN6O2/c1-32-20-8-3-17(15-21(20)33-2)9-10-27-23-22(26)24(29-16-28-23)31-13-11-30(12-14-31)19-6-4-18(25)5-7-19/h3-8,15-16H,9-14,26H2,1-2H3,(H,27,28,29). The first-order valence-corrected chi connectivity index (χ1v) is 10.9. The Bertz CT molecular complexity index is 1070. The molecule has 0 amide bonds. The fourth-order valence-corrected chi connectivity index (χ4v) is 3.97. The van der Waals surface area contributed by atoms with Gasteiger partial charge < -0.3 is 30.3 Å². The molecule has 0 saturated carbocycles. The molecule has 1 aliphatic heterocycles. The summed E-state index contributed by atoms with van der Waals surface area (Å²) in [4.78, 5) is 13.2. The van der Waals surface area contributed by atoms with Gasteiger partial charge in [-0.3, -0.25) is 0 Å². The summed E-state index contributed by atoms with van der Waals surface area (Å²) >= 11 is 0. The molecule has 1 fully saturated rings. The van der Waals surface area contributed by atoms with Crippen LogP contribution in [0.2, 0.25) is 0 Å². The minimum Gasteiger partial charge on any atom is -0.493 e. The third-order valence-electron chi connectivity index (χ3n) is 5.79. The van der Waals surface area contributed by atoms with Crippen LogP contribution in [-0.4, -0.2) is 56.9 Å². The second-order valence-electron chi connectivity index (χ2n) is 7.78. The summed E-state index contributed by atoms with van der Waals surface area (Å²) in [5.41, 5.74) is 9.09. The number of nitrogens with zero attached hydrogens (tertiary/aromatic N) is 4. The Morgan fingerprint density at radius 2 is 1.64 bits per heavy atom. The summed E-state index contributed by atoms with van der Waals surface area (Å²) < 4.78 is 23.9. The van der Waals surface area contributed by atoms with Gasteiger partial charge >= 0.3 is 0 Å². The predicted octanol–water partition coefficient (Wildman–Crippen LogP) is 3.20. The predicted molar refractivity (Wildman–Crippen MR) is 129 cm³/mol. The van der Waals surface area contributed by atoms with Crippen LogP contribution < -0.4 is 30.3 Å². The SMILES string of the molecule is COc1ccc(CCNc2ncnc(N3CCN(c4ccc(F)cc4)CC3)c2N)cc1OC. The zero-order chi connectivity index (χ0) is 23.2. The number of hydrogen-bond acceptors (Lipinski definition) is 8. The number of anilines is 4. The van der Waals surface area contributed by atoms with E-state index in [2.05, 4.69) is 25.1 Å². The van der Waals surface area contributed by atoms with Crippen molar-refractivity contribution in [2.45, 2.75) is 6.42 Å². The topological polar surface area (TPSA) is 88.8 Å². The zero-order valence-corrected chi connectivity index (χ0v) is 18.9. The van der Waals surface area contributed by atoms with Crippen molar-refractivity contribution < 1.29 is 13.9 Å². The number of aromatic nitrogens is 2. The van der Waals surface area contributed by atoms with Crippen molar-refractivity contribution in [3.05, 3.63) is 60.2 Å². The molecule has 0 bridgehead atoms. The van der Waals surface area contributed by atoms with E-state index in [-0.39, 0.29) is 5.82 Å². The summed E-state index contributed by atoms with van der Waals surface area (Å²) in [6.07, 6.45) is 2.31. The van der Waals surface area contributed by atoms with E-state index in [1.165, 1.54) is 18.5 Å². The Morgan fingerprint density at radius 1 is 0.939 bits per heavy atom. The molecule has 0 atom stereocenters. The third-order valence-corrected chi connectivity index (χ3v) is 5.79. The highest BCUT2D eigenvalue weighted by Gasteiger charge is 2.21. The van der Waals surface area contributed by atoms with Crippen molar-refractivity contribution >= 4 is 23.0 Å². The van der Waals surface area contributed by atoms with Crippen LogP contribution in [0, 0.1) is 5.82 Å². The second kappa shape index (κ2) is 10.2. The Kier molecular flexibility index (Phi) is 6.97. The van der Waals surface area contributed by atoms with Crippen molar-refractivity contribution in [3.63, 3.8) is 0 Å². The summed E-state index contributed by atoms with van der Waals surface area (Å²) in [7, 11) is 3.25. The number of benzene rings is 2. The van der Waals surface area contributed by atoms with E-state index in [1.54, 1.807) is 14.2 Å². The molecule has 1 aromatic heterocycles. The van der Waals surface area contributed by atoms with E-state index in [9.17, 15) is 4.39 Å². The average Bonchev–Trinajstić information content (AvgIpc) is 2.85. The Balaban J connectivity index is 1.35. The van der Waals surface area contributed by atoms with Crippen molar-refractivity contribution in [1.29, 1.82) is 0 Å². The molecule has 1 saturated heterocycles. The van der Waals surface area contributed by atoms with Crippen molar-refractivity contribution in [2.75, 3.05) is 67.8 Å². The van der Waals surface area contributed by atoms with Gasteiger partial charge in [-0.25, -0.2) is 14.4 Å². The molecule has 4 rings (SSSR count). The first-order chi connectivity index (χ1) is 16.1. The quantitative estimate of drug-likeness (QED) is 0.539. The van der Waals surface area contributed by atoms with Crippen LogP contribution in [0.25, 0.3) is 0 Å². The van der Waals surface area contributed by atoms with E-state index >= 15 is 0 Å². The molecule has 174 valence electrons. The molecule has 0 aliphatic carbocycles. The van der Waals surface area contributed by atoms with Gasteiger partial charge in [0.2, 0.25) is 0 Å². The summed E-state index contributed by atoms with van der Waals surface area (Å²) in [6, 6.07) is 12.5. The molecule has 1 aliphatic rings. The second-order valence-corrected chi connectivity index (χ2v) is 7.78. The molecule has 9 heteroatoms. The van der Waals surface area contributed by atoms with E-state index in [0.29, 0.717) is 29.5 Å². The smallest absolute Gasteiger partial charge is 0.160 e. The number of hydrogen-bond donors (Lipinski definition) is 2. The number of piperazine rings is 1. The van der Waals surface area contributed by atoms with Crippen molar-refractivity contribution in [1.82, 2.24) is 9.97 Å². The minimum atomic E-state index is -0.225. The number of halogens is 1. The van der Waals surface area contributed by atoms with Gasteiger partial charge in [0.25, 0.3) is 0 Å². The van der Waals surface area contributed by atoms with Gasteiger partial charge in [0.05, 0.1) is 14.2 Å². The van der Waals surface area contributed by atoms with E-state index in [4.69, 9.17) is 15.2 Å². The number of methoxy groups -OCH3 is 2. The summed E-state index contributed by atoms with van der Waals surface area (Å²) in [5, 5.41) is 3.33. The maximum atomic E-state index is 13.2. The van der Waals surface area contributed by atoms with Crippen LogP contribution in [0.1, 0.15) is 5.56 Å². The Morgan fingerprint density at radius 3 is 2.33 bits per heavy atom. The van der Waals surface area contributed by atoms with Crippen LogP contribution in [0.5, 0.6) is 11.5 Å². The number of nitrogen functional groups attached to an aromatic ring is 1. The molecular formula is C24H29FN6O2. The molecular weight excluding hydrogens is 423 g/mol. The first kappa shape index (κ1) is 22.4. The molecule has 0 unspecified atom stereocenters. The van der Waals surface area contributed by atoms with Crippen LogP contribution >= 0.6 is 0 Å². The Labute approximate surface area is 193 Å². The van der Waals surface area contributed by atoms with Crippen molar-refractivity contribution in [3.8, 4) is 11.5 Å². The fourth-order valence-electron chi connectivity index (χ4n) is 3.97. The molecule has 3 N–H and O–H groups in total. The van der Waals surface area contributed by atoms with E-state index in [0.717, 1.165) is 49.7 Å². The average molecular weight is 453 g/mol. The van der Waals surface area contributed by atoms with Crippen LogP contribution in [-0.2, 0) is 6.42 Å². The van der Waals surface area contributed by atoms with Gasteiger partial charge in [0, 0.05) is 38.4 Å². The third kappa shape index (κ3) is 5.19. The highest BCUT2D eigenvalue weighted by Crippen LogP contribution is 2.29. The maximum absolute atomic E-state index is 13.2. The minimum absolute atomic E-state index is 0.225. The number of nitrogens with two attached hydrogens (primary N) is 1. The molecule has 8 nitrogen and oxygen atoms in total. The van der Waals surface area contributed by atoms with Gasteiger partial charge in [0.1, 0.15) is 17.8 Å². The summed E-state index contributed by atoms with van der Waals surface area (Å²) in [5.74, 6) is 2.55. The van der Waals surface area contributed by atoms with Crippen LogP contribution in [0.15, 0.2) is 48.8 Å². The van der Waals surface area contributed by atoms with E-state index in [1.807, 2.05) is 30.3 Å². The number of rotatable bonds is 8. The monoisotopic (exact) mass is 452 g/mol. The highest BCUT2D eigenvalue weighted by molar-refractivity contribution is 5.75. The fraction of sp³-hybridized carbons (Fsp3) is 0.333. The maximum Gasteiger partial charge on any atom is 0.160 e. The molecule has 2 heterocycles. The largest absolute Gasteiger partial charge is 0.493 e. The van der Waals surface area contributed by atoms with Gasteiger partial charge in [-0.05, 0) is 48.4 Å². The first-order valence-electron chi connectivity index (χ1n) is 10.9. The lowest BCUT2D eigenvalue weighted by Gasteiger charge is -2.37. The lowest BCUT2D eigenvalue weighted by atomic mass is 10.1. The highest BCUT2D eigenvalue weighted by atomic mass is 19.1. The molecule has 0 spiro atoms.